The highest BCUT2D eigenvalue weighted by atomic mass is 19.4. The van der Waals surface area contributed by atoms with Gasteiger partial charge in [-0.15, -0.1) is 20.4 Å². The molecule has 0 aliphatic carbocycles. The normalized spacial score (nSPS) is 11.5. The van der Waals surface area contributed by atoms with Crippen LogP contribution in [0, 0.1) is 10.8 Å². The van der Waals surface area contributed by atoms with Gasteiger partial charge in [-0.25, -0.2) is 4.98 Å². The Morgan fingerprint density at radius 1 is 0.660 bits per heavy atom. The lowest BCUT2D eigenvalue weighted by Crippen LogP contribution is -2.32. The van der Waals surface area contributed by atoms with E-state index in [-0.39, 0.29) is 36.7 Å². The molecule has 0 saturated carbocycles. The second kappa shape index (κ2) is 16.9. The predicted octanol–water partition coefficient (Wildman–Crippen LogP) is 6.66. The highest BCUT2D eigenvalue weighted by Crippen LogP contribution is 2.30. The number of aromatic amines is 1. The molecule has 16 heteroatoms. The van der Waals surface area contributed by atoms with Crippen LogP contribution in [0.25, 0.3) is 34.0 Å². The molecule has 278 valence electrons. The fourth-order valence-electron chi connectivity index (χ4n) is 4.41. The number of benzene rings is 2. The molecule has 13 nitrogen and oxygen atoms in total. The van der Waals surface area contributed by atoms with Gasteiger partial charge in [-0.3, -0.25) is 14.4 Å². The van der Waals surface area contributed by atoms with Crippen molar-refractivity contribution in [1.82, 2.24) is 30.4 Å². The van der Waals surface area contributed by atoms with E-state index in [1.165, 1.54) is 20.3 Å². The van der Waals surface area contributed by atoms with Crippen LogP contribution in [-0.2, 0) is 25.2 Å². The molecule has 5 rings (SSSR count). The molecule has 1 N–H and O–H groups in total. The minimum absolute atomic E-state index is 0.0154. The number of aromatic nitrogens is 6. The number of carbonyl (C=O) groups is 3. The number of rotatable bonds is 12. The monoisotopic (exact) mass is 734 g/mol. The van der Waals surface area contributed by atoms with Crippen molar-refractivity contribution in [3.8, 4) is 45.5 Å². The highest BCUT2D eigenvalue weighted by Gasteiger charge is 2.33. The summed E-state index contributed by atoms with van der Waals surface area (Å²) in [7, 11) is 2.68. The summed E-state index contributed by atoms with van der Waals surface area (Å²) < 4.78 is 58.8. The van der Waals surface area contributed by atoms with Crippen molar-refractivity contribution in [2.75, 3.05) is 27.4 Å². The first-order chi connectivity index (χ1) is 25.1. The summed E-state index contributed by atoms with van der Waals surface area (Å²) in [5, 5.41) is 15.8. The molecular formula is C37H37F3N6O7. The minimum Gasteiger partial charge on any atom is -0.492 e. The van der Waals surface area contributed by atoms with Crippen molar-refractivity contribution >= 4 is 18.2 Å². The maximum atomic E-state index is 12.7. The molecule has 0 spiro atoms. The topological polar surface area (TPSA) is 168 Å². The third-order valence-electron chi connectivity index (χ3n) is 7.57. The molecule has 3 heterocycles. The van der Waals surface area contributed by atoms with Crippen LogP contribution in [0.4, 0.5) is 13.2 Å². The number of carbonyl (C=O) groups excluding carboxylic acids is 3. The summed E-state index contributed by atoms with van der Waals surface area (Å²) in [4.78, 5) is 39.8. The summed E-state index contributed by atoms with van der Waals surface area (Å²) in [5.74, 6) is 0.505. The van der Waals surface area contributed by atoms with Crippen molar-refractivity contribution in [3.05, 3.63) is 90.4 Å². The maximum absolute atomic E-state index is 12.7. The number of nitrogens with one attached hydrogen (secondary N) is 1. The van der Waals surface area contributed by atoms with E-state index in [0.29, 0.717) is 41.1 Å². The fourth-order valence-corrected chi connectivity index (χ4v) is 4.41. The zero-order valence-corrected chi connectivity index (χ0v) is 29.7. The molecular weight excluding hydrogens is 697 g/mol. The van der Waals surface area contributed by atoms with Crippen LogP contribution in [0.2, 0.25) is 0 Å². The maximum Gasteiger partial charge on any atom is 0.432 e. The van der Waals surface area contributed by atoms with Gasteiger partial charge in [-0.2, -0.15) is 13.2 Å². The molecule has 53 heavy (non-hydrogen) atoms. The third-order valence-corrected chi connectivity index (χ3v) is 7.57. The lowest BCUT2D eigenvalue weighted by molar-refractivity contribution is -0.153. The van der Waals surface area contributed by atoms with E-state index in [1.54, 1.807) is 82.3 Å². The predicted molar refractivity (Wildman–Crippen MR) is 185 cm³/mol. The molecule has 0 aliphatic rings. The van der Waals surface area contributed by atoms with E-state index in [9.17, 15) is 27.6 Å². The second-order valence-electron chi connectivity index (χ2n) is 12.8. The van der Waals surface area contributed by atoms with Crippen LogP contribution in [0.1, 0.15) is 43.9 Å². The molecule has 3 aromatic heterocycles. The van der Waals surface area contributed by atoms with Crippen molar-refractivity contribution in [2.45, 2.75) is 33.9 Å². The number of imidazole rings is 1. The number of nitrogens with zero attached hydrogens (tertiary/aromatic N) is 5. The first-order valence-electron chi connectivity index (χ1n) is 15.9. The number of H-pyrrole nitrogens is 1. The summed E-state index contributed by atoms with van der Waals surface area (Å²) >= 11 is 0. The summed E-state index contributed by atoms with van der Waals surface area (Å²) in [6.07, 6.45) is -3.14. The summed E-state index contributed by atoms with van der Waals surface area (Å²) in [6, 6.07) is 20.7. The van der Waals surface area contributed by atoms with E-state index in [0.717, 1.165) is 11.1 Å². The quantitative estimate of drug-likeness (QED) is 0.107. The van der Waals surface area contributed by atoms with E-state index in [1.807, 2.05) is 12.1 Å². The number of hydrogen-bond acceptors (Lipinski definition) is 12. The molecule has 0 atom stereocenters. The van der Waals surface area contributed by atoms with Gasteiger partial charge in [0, 0.05) is 11.1 Å². The van der Waals surface area contributed by atoms with E-state index in [2.05, 4.69) is 30.4 Å². The van der Waals surface area contributed by atoms with Crippen LogP contribution >= 0.6 is 0 Å². The number of hydrogen-bond donors (Lipinski definition) is 1. The van der Waals surface area contributed by atoms with Crippen molar-refractivity contribution in [1.29, 1.82) is 0 Å². The van der Waals surface area contributed by atoms with Gasteiger partial charge in [0.1, 0.15) is 41.8 Å². The Hall–Kier alpha value is -6.19. The largest absolute Gasteiger partial charge is 0.492 e. The number of aldehydes is 1. The number of esters is 2. The Morgan fingerprint density at radius 2 is 1.09 bits per heavy atom. The highest BCUT2D eigenvalue weighted by molar-refractivity contribution is 5.76. The Kier molecular flexibility index (Phi) is 12.6. The Morgan fingerprint density at radius 3 is 1.45 bits per heavy atom. The van der Waals surface area contributed by atoms with Crippen LogP contribution in [0.5, 0.6) is 11.5 Å². The van der Waals surface area contributed by atoms with Crippen molar-refractivity contribution < 1.29 is 46.5 Å². The summed E-state index contributed by atoms with van der Waals surface area (Å²) in [5.41, 5.74) is 0.821. The van der Waals surface area contributed by atoms with Crippen molar-refractivity contribution in [2.24, 2.45) is 10.8 Å². The molecule has 0 amide bonds. The van der Waals surface area contributed by atoms with E-state index in [4.69, 9.17) is 18.9 Å². The van der Waals surface area contributed by atoms with Gasteiger partial charge in [0.2, 0.25) is 0 Å². The van der Waals surface area contributed by atoms with Crippen LogP contribution in [-0.4, -0.2) is 76.0 Å². The van der Waals surface area contributed by atoms with Gasteiger partial charge in [0.25, 0.3) is 0 Å². The average molecular weight is 735 g/mol. The number of alkyl halides is 3. The van der Waals surface area contributed by atoms with E-state index < -0.39 is 22.7 Å². The lowest BCUT2D eigenvalue weighted by Gasteiger charge is -2.21. The van der Waals surface area contributed by atoms with Gasteiger partial charge >= 0.3 is 18.1 Å². The molecule has 5 aromatic rings. The zero-order valence-electron chi connectivity index (χ0n) is 29.7. The first-order valence-corrected chi connectivity index (χ1v) is 15.9. The smallest absolute Gasteiger partial charge is 0.432 e. The Labute approximate surface area is 302 Å². The Bertz CT molecular complexity index is 1980. The van der Waals surface area contributed by atoms with Gasteiger partial charge in [0.05, 0.1) is 42.6 Å². The summed E-state index contributed by atoms with van der Waals surface area (Å²) in [6.45, 7) is 7.33. The average Bonchev–Trinajstić information content (AvgIpc) is 3.68. The van der Waals surface area contributed by atoms with Crippen LogP contribution < -0.4 is 9.47 Å². The number of ether oxygens (including phenoxy) is 4. The molecule has 0 fully saturated rings. The zero-order chi connectivity index (χ0) is 38.8. The van der Waals surface area contributed by atoms with Crippen LogP contribution in [0.3, 0.4) is 0 Å². The second-order valence-corrected chi connectivity index (χ2v) is 12.8. The molecule has 0 bridgehead atoms. The third kappa shape index (κ3) is 10.7. The molecule has 0 saturated heterocycles. The molecule has 0 radical (unpaired) electrons. The van der Waals surface area contributed by atoms with Gasteiger partial charge in [-0.1, -0.05) is 0 Å². The number of methoxy groups -OCH3 is 2. The first kappa shape index (κ1) is 39.6. The molecule has 2 aromatic carbocycles. The minimum atomic E-state index is -4.51. The molecule has 0 aliphatic heterocycles. The van der Waals surface area contributed by atoms with E-state index >= 15 is 0 Å². The fraction of sp³-hybridized carbons (Fsp3) is 0.297. The van der Waals surface area contributed by atoms with Crippen molar-refractivity contribution in [3.63, 3.8) is 0 Å². The Balaban J connectivity index is 0.000000245. The van der Waals surface area contributed by atoms with Gasteiger partial charge in [0.15, 0.2) is 12.1 Å². The molecule has 0 unspecified atom stereocenters. The lowest BCUT2D eigenvalue weighted by atomic mass is 9.95. The number of halogens is 3. The van der Waals surface area contributed by atoms with Gasteiger partial charge < -0.3 is 23.9 Å². The van der Waals surface area contributed by atoms with Gasteiger partial charge in [-0.05, 0) is 100 Å². The standard InChI is InChI=1S/C20H19F3N4O3.C17H18N2O4/c1-19(2,18(28)29-3)11-30-13-6-4-12(5-7-13)14-8-9-15(27-26-14)17-24-10-16(25-17)20(21,22)23;1-17(2,16(21)22-3)11-23-14-7-4-12(5-8-14)15-9-6-13(10-20)18-19-15/h4-10H,11H2,1-3H3,(H,24,25);4-10H,11H2,1-3H3. The van der Waals surface area contributed by atoms with Crippen LogP contribution in [0.15, 0.2) is 79.0 Å². The SMILES string of the molecule is COC(=O)C(C)(C)COc1ccc(-c2ccc(-c3ncc(C(F)(F)F)[nH]3)nn2)cc1.COC(=O)C(C)(C)COc1ccc(-c2ccc(C=O)nn2)cc1.